The molecule has 0 bridgehead atoms. The van der Waals surface area contributed by atoms with Crippen LogP contribution in [0.5, 0.6) is 0 Å². The highest BCUT2D eigenvalue weighted by molar-refractivity contribution is 7.08. The normalized spacial score (nSPS) is 33.2. The van der Waals surface area contributed by atoms with Gasteiger partial charge in [0.05, 0.1) is 5.02 Å². The highest BCUT2D eigenvalue weighted by Crippen LogP contribution is 2.41. The Morgan fingerprint density at radius 2 is 2.21 bits per heavy atom. The lowest BCUT2D eigenvalue weighted by Crippen LogP contribution is -2.31. The lowest BCUT2D eigenvalue weighted by molar-refractivity contribution is 0.300. The average molecular weight is 230 g/mol. The number of rotatable bonds is 1. The van der Waals surface area contributed by atoms with E-state index in [0.717, 1.165) is 17.4 Å². The molecule has 1 nitrogen and oxygen atoms in total. The molecule has 3 heteroatoms. The molecule has 1 aliphatic rings. The molecule has 1 aromatic rings. The molecule has 2 N–H and O–H groups in total. The largest absolute Gasteiger partial charge is 0.328 e. The van der Waals surface area contributed by atoms with E-state index in [1.165, 1.54) is 18.4 Å². The van der Waals surface area contributed by atoms with Gasteiger partial charge in [-0.05, 0) is 42.0 Å². The Balaban J connectivity index is 2.20. The first-order chi connectivity index (χ1) is 6.68. The molecule has 78 valence electrons. The molecule has 1 fully saturated rings. The Kier molecular flexibility index (Phi) is 3.15. The smallest absolute Gasteiger partial charge is 0.0547 e. The molecule has 1 aromatic heterocycles. The van der Waals surface area contributed by atoms with E-state index in [1.807, 2.05) is 5.38 Å². The third kappa shape index (κ3) is 1.97. The van der Waals surface area contributed by atoms with Gasteiger partial charge in [-0.15, -0.1) is 0 Å². The summed E-state index contributed by atoms with van der Waals surface area (Å²) < 4.78 is 0. The molecule has 0 saturated heterocycles. The van der Waals surface area contributed by atoms with Crippen molar-refractivity contribution in [1.82, 2.24) is 0 Å². The van der Waals surface area contributed by atoms with Crippen molar-refractivity contribution in [1.29, 1.82) is 0 Å². The number of thiophene rings is 1. The van der Waals surface area contributed by atoms with Gasteiger partial charge in [-0.25, -0.2) is 0 Å². The van der Waals surface area contributed by atoms with E-state index in [0.29, 0.717) is 12.0 Å². The van der Waals surface area contributed by atoms with Crippen molar-refractivity contribution in [3.63, 3.8) is 0 Å². The second-order valence-corrected chi connectivity index (χ2v) is 5.48. The Hall–Kier alpha value is -0.0500. The first-order valence-electron chi connectivity index (χ1n) is 5.15. The molecule has 1 saturated carbocycles. The molecule has 0 aromatic carbocycles. The molecule has 0 spiro atoms. The maximum absolute atomic E-state index is 6.16. The van der Waals surface area contributed by atoms with Gasteiger partial charge in [-0.3, -0.25) is 0 Å². The van der Waals surface area contributed by atoms with E-state index < -0.39 is 0 Å². The second kappa shape index (κ2) is 4.21. The Morgan fingerprint density at radius 3 is 2.86 bits per heavy atom. The Bertz CT molecular complexity index is 310. The summed E-state index contributed by atoms with van der Waals surface area (Å²) in [6, 6.07) is 0.368. The summed E-state index contributed by atoms with van der Waals surface area (Å²) in [5.41, 5.74) is 7.32. The van der Waals surface area contributed by atoms with E-state index in [1.54, 1.807) is 11.3 Å². The van der Waals surface area contributed by atoms with Gasteiger partial charge in [-0.2, -0.15) is 11.3 Å². The minimum atomic E-state index is 0.368. The van der Waals surface area contributed by atoms with Crippen LogP contribution in [0.15, 0.2) is 10.8 Å². The first-order valence-corrected chi connectivity index (χ1v) is 6.47. The summed E-state index contributed by atoms with van der Waals surface area (Å²) in [4.78, 5) is 0. The van der Waals surface area contributed by atoms with Gasteiger partial charge in [0.15, 0.2) is 0 Å². The molecular formula is C11H16ClNS. The minimum Gasteiger partial charge on any atom is -0.328 e. The van der Waals surface area contributed by atoms with Gasteiger partial charge < -0.3 is 5.73 Å². The molecule has 0 radical (unpaired) electrons. The fourth-order valence-electron chi connectivity index (χ4n) is 2.34. The van der Waals surface area contributed by atoms with E-state index >= 15 is 0 Å². The van der Waals surface area contributed by atoms with E-state index in [9.17, 15) is 0 Å². The van der Waals surface area contributed by atoms with Crippen molar-refractivity contribution in [3.05, 3.63) is 21.3 Å². The molecular weight excluding hydrogens is 214 g/mol. The third-order valence-corrected chi connectivity index (χ3v) is 4.50. The number of halogens is 1. The van der Waals surface area contributed by atoms with Crippen LogP contribution < -0.4 is 5.73 Å². The molecule has 14 heavy (non-hydrogen) atoms. The van der Waals surface area contributed by atoms with Gasteiger partial charge in [0.1, 0.15) is 0 Å². The number of nitrogens with two attached hydrogens (primary N) is 1. The predicted octanol–water partition coefficient (Wildman–Crippen LogP) is 3.63. The molecule has 1 heterocycles. The molecule has 3 unspecified atom stereocenters. The van der Waals surface area contributed by atoms with Crippen LogP contribution in [0, 0.1) is 5.92 Å². The maximum atomic E-state index is 6.16. The van der Waals surface area contributed by atoms with Crippen LogP contribution in [-0.2, 0) is 0 Å². The second-order valence-electron chi connectivity index (χ2n) is 4.33. The average Bonchev–Trinajstić information content (AvgIpc) is 2.56. The van der Waals surface area contributed by atoms with Crippen molar-refractivity contribution >= 4 is 22.9 Å². The van der Waals surface area contributed by atoms with E-state index in [4.69, 9.17) is 17.3 Å². The van der Waals surface area contributed by atoms with Crippen LogP contribution in [0.4, 0.5) is 0 Å². The maximum Gasteiger partial charge on any atom is 0.0547 e. The van der Waals surface area contributed by atoms with Gasteiger partial charge in [-0.1, -0.05) is 18.5 Å². The lowest BCUT2D eigenvalue weighted by atomic mass is 9.75. The summed E-state index contributed by atoms with van der Waals surface area (Å²) >= 11 is 7.85. The van der Waals surface area contributed by atoms with Crippen molar-refractivity contribution in [2.75, 3.05) is 0 Å². The molecule has 0 aliphatic heterocycles. The van der Waals surface area contributed by atoms with Gasteiger partial charge >= 0.3 is 0 Å². The number of hydrogen-bond donors (Lipinski definition) is 1. The zero-order valence-electron chi connectivity index (χ0n) is 8.37. The monoisotopic (exact) mass is 229 g/mol. The lowest BCUT2D eigenvalue weighted by Gasteiger charge is -2.32. The fourth-order valence-corrected chi connectivity index (χ4v) is 3.53. The summed E-state index contributed by atoms with van der Waals surface area (Å²) in [5, 5.41) is 5.13. The van der Waals surface area contributed by atoms with Crippen molar-refractivity contribution in [2.24, 2.45) is 11.7 Å². The zero-order chi connectivity index (χ0) is 10.1. The first kappa shape index (κ1) is 10.5. The summed E-state index contributed by atoms with van der Waals surface area (Å²) in [6.07, 6.45) is 3.50. The van der Waals surface area contributed by atoms with Gasteiger partial charge in [0, 0.05) is 11.4 Å². The summed E-state index contributed by atoms with van der Waals surface area (Å²) in [7, 11) is 0. The van der Waals surface area contributed by atoms with Gasteiger partial charge in [0.25, 0.3) is 0 Å². The van der Waals surface area contributed by atoms with Crippen molar-refractivity contribution < 1.29 is 0 Å². The van der Waals surface area contributed by atoms with E-state index in [-0.39, 0.29) is 0 Å². The fraction of sp³-hybridized carbons (Fsp3) is 0.636. The molecule has 0 amide bonds. The van der Waals surface area contributed by atoms with Crippen LogP contribution in [0.25, 0.3) is 0 Å². The van der Waals surface area contributed by atoms with Crippen LogP contribution in [0.2, 0.25) is 5.02 Å². The molecule has 3 atom stereocenters. The molecule has 2 rings (SSSR count). The summed E-state index contributed by atoms with van der Waals surface area (Å²) in [5.74, 6) is 1.30. The standard InChI is InChI=1S/C11H16ClNS/c1-7-2-3-8(13)4-9(7)10-5-14-6-11(10)12/h5-9H,2-4,13H2,1H3. The zero-order valence-corrected chi connectivity index (χ0v) is 9.94. The van der Waals surface area contributed by atoms with E-state index in [2.05, 4.69) is 12.3 Å². The number of hydrogen-bond acceptors (Lipinski definition) is 2. The predicted molar refractivity (Wildman–Crippen MR) is 63.1 cm³/mol. The van der Waals surface area contributed by atoms with Crippen molar-refractivity contribution in [3.8, 4) is 0 Å². The topological polar surface area (TPSA) is 26.0 Å². The Morgan fingerprint density at radius 1 is 1.43 bits per heavy atom. The highest BCUT2D eigenvalue weighted by Gasteiger charge is 2.28. The molecule has 1 aliphatic carbocycles. The van der Waals surface area contributed by atoms with Crippen LogP contribution >= 0.6 is 22.9 Å². The quantitative estimate of drug-likeness (QED) is 0.782. The van der Waals surface area contributed by atoms with Crippen LogP contribution in [0.3, 0.4) is 0 Å². The van der Waals surface area contributed by atoms with Crippen LogP contribution in [-0.4, -0.2) is 6.04 Å². The van der Waals surface area contributed by atoms with Crippen molar-refractivity contribution in [2.45, 2.75) is 38.1 Å². The summed E-state index contributed by atoms with van der Waals surface area (Å²) in [6.45, 7) is 2.31. The third-order valence-electron chi connectivity index (χ3n) is 3.28. The highest BCUT2D eigenvalue weighted by atomic mass is 35.5. The Labute approximate surface area is 94.3 Å². The van der Waals surface area contributed by atoms with Gasteiger partial charge in [0.2, 0.25) is 0 Å². The minimum absolute atomic E-state index is 0.368. The SMILES string of the molecule is CC1CCC(N)CC1c1cscc1Cl. The van der Waals surface area contributed by atoms with Crippen LogP contribution in [0.1, 0.15) is 37.7 Å².